The predicted octanol–water partition coefficient (Wildman–Crippen LogP) is 1.73. The van der Waals surface area contributed by atoms with Gasteiger partial charge >= 0.3 is 0 Å². The minimum atomic E-state index is 0.313. The van der Waals surface area contributed by atoms with Gasteiger partial charge in [0, 0.05) is 25.7 Å². The zero-order valence-corrected chi connectivity index (χ0v) is 11.5. The van der Waals surface area contributed by atoms with Crippen molar-refractivity contribution in [3.05, 3.63) is 0 Å². The van der Waals surface area contributed by atoms with E-state index in [9.17, 15) is 0 Å². The van der Waals surface area contributed by atoms with E-state index in [0.29, 0.717) is 17.6 Å². The highest BCUT2D eigenvalue weighted by atomic mass is 16.5. The number of morpholine rings is 1. The number of rotatable bonds is 5. The zero-order valence-electron chi connectivity index (χ0n) is 11.5. The fraction of sp³-hybridized carbons (Fsp3) is 1.00. The highest BCUT2D eigenvalue weighted by Crippen LogP contribution is 2.23. The topological polar surface area (TPSA) is 24.5 Å². The molecule has 1 fully saturated rings. The van der Waals surface area contributed by atoms with Gasteiger partial charge in [0.1, 0.15) is 0 Å². The summed E-state index contributed by atoms with van der Waals surface area (Å²) in [5.74, 6) is 0. The van der Waals surface area contributed by atoms with Crippen LogP contribution >= 0.6 is 0 Å². The van der Waals surface area contributed by atoms with Gasteiger partial charge in [-0.1, -0.05) is 20.8 Å². The molecule has 0 aromatic heterocycles. The molecule has 0 aromatic rings. The van der Waals surface area contributed by atoms with Crippen molar-refractivity contribution >= 4 is 0 Å². The number of nitrogens with zero attached hydrogens (tertiary/aromatic N) is 1. The molecule has 1 saturated heterocycles. The van der Waals surface area contributed by atoms with Crippen molar-refractivity contribution < 1.29 is 4.74 Å². The minimum absolute atomic E-state index is 0.313. The van der Waals surface area contributed by atoms with Gasteiger partial charge in [0.25, 0.3) is 0 Å². The lowest BCUT2D eigenvalue weighted by Gasteiger charge is -2.40. The monoisotopic (exact) mass is 228 g/mol. The Morgan fingerprint density at radius 1 is 1.50 bits per heavy atom. The Morgan fingerprint density at radius 3 is 2.75 bits per heavy atom. The molecular weight excluding hydrogens is 200 g/mol. The summed E-state index contributed by atoms with van der Waals surface area (Å²) < 4.78 is 5.57. The smallest absolute Gasteiger partial charge is 0.0674 e. The summed E-state index contributed by atoms with van der Waals surface area (Å²) in [6.07, 6.45) is 0.388. The summed E-state index contributed by atoms with van der Waals surface area (Å²) >= 11 is 0. The fourth-order valence-corrected chi connectivity index (χ4v) is 2.33. The van der Waals surface area contributed by atoms with Crippen LogP contribution < -0.4 is 5.32 Å². The Labute approximate surface area is 101 Å². The van der Waals surface area contributed by atoms with Crippen LogP contribution in [0.1, 0.15) is 34.6 Å². The molecule has 96 valence electrons. The van der Waals surface area contributed by atoms with E-state index in [1.807, 2.05) is 0 Å². The third-order valence-electron chi connectivity index (χ3n) is 3.64. The normalized spacial score (nSPS) is 25.7. The molecule has 2 atom stereocenters. The van der Waals surface area contributed by atoms with Crippen molar-refractivity contribution in [2.75, 3.05) is 32.8 Å². The number of ether oxygens (including phenoxy) is 1. The average molecular weight is 228 g/mol. The second-order valence-corrected chi connectivity index (χ2v) is 5.68. The molecule has 0 saturated carbocycles. The molecule has 0 radical (unpaired) electrons. The van der Waals surface area contributed by atoms with E-state index < -0.39 is 0 Å². The summed E-state index contributed by atoms with van der Waals surface area (Å²) in [7, 11) is 0. The van der Waals surface area contributed by atoms with Gasteiger partial charge in [-0.05, 0) is 25.8 Å². The van der Waals surface area contributed by atoms with E-state index in [4.69, 9.17) is 4.74 Å². The quantitative estimate of drug-likeness (QED) is 0.775. The minimum Gasteiger partial charge on any atom is -0.376 e. The molecule has 1 aliphatic heterocycles. The third kappa shape index (κ3) is 4.04. The Balaban J connectivity index is 2.44. The Bertz CT molecular complexity index is 206. The van der Waals surface area contributed by atoms with Gasteiger partial charge in [-0.3, -0.25) is 4.90 Å². The fourth-order valence-electron chi connectivity index (χ4n) is 2.33. The standard InChI is InChI=1S/C13H28N2O/c1-6-14-12(3)13(4,5)10-15-7-8-16-11(2)9-15/h11-12,14H,6-10H2,1-5H3. The van der Waals surface area contributed by atoms with Crippen molar-refractivity contribution in [3.63, 3.8) is 0 Å². The van der Waals surface area contributed by atoms with E-state index in [1.165, 1.54) is 0 Å². The van der Waals surface area contributed by atoms with E-state index in [2.05, 4.69) is 44.8 Å². The molecule has 16 heavy (non-hydrogen) atoms. The summed E-state index contributed by atoms with van der Waals surface area (Å²) in [6.45, 7) is 16.5. The summed E-state index contributed by atoms with van der Waals surface area (Å²) in [5, 5.41) is 3.53. The van der Waals surface area contributed by atoms with Crippen molar-refractivity contribution in [3.8, 4) is 0 Å². The van der Waals surface area contributed by atoms with Gasteiger partial charge in [0.15, 0.2) is 0 Å². The highest BCUT2D eigenvalue weighted by Gasteiger charge is 2.29. The Hall–Kier alpha value is -0.120. The predicted molar refractivity (Wildman–Crippen MR) is 68.8 cm³/mol. The summed E-state index contributed by atoms with van der Waals surface area (Å²) in [6, 6.07) is 0.552. The summed E-state index contributed by atoms with van der Waals surface area (Å²) in [5.41, 5.74) is 0.313. The van der Waals surface area contributed by atoms with E-state index in [-0.39, 0.29) is 0 Å². The second-order valence-electron chi connectivity index (χ2n) is 5.68. The van der Waals surface area contributed by atoms with Gasteiger partial charge in [0.05, 0.1) is 12.7 Å². The van der Waals surface area contributed by atoms with Crippen LogP contribution in [0.3, 0.4) is 0 Å². The molecular formula is C13H28N2O. The van der Waals surface area contributed by atoms with Crippen LogP contribution in [0.4, 0.5) is 0 Å². The molecule has 0 bridgehead atoms. The van der Waals surface area contributed by atoms with E-state index >= 15 is 0 Å². The Morgan fingerprint density at radius 2 is 2.19 bits per heavy atom. The molecule has 0 amide bonds. The van der Waals surface area contributed by atoms with E-state index in [0.717, 1.165) is 32.8 Å². The second kappa shape index (κ2) is 5.99. The zero-order chi connectivity index (χ0) is 12.2. The van der Waals surface area contributed by atoms with Crippen molar-refractivity contribution in [2.24, 2.45) is 5.41 Å². The van der Waals surface area contributed by atoms with Crippen LogP contribution in [0.15, 0.2) is 0 Å². The molecule has 3 nitrogen and oxygen atoms in total. The first-order chi connectivity index (χ1) is 7.45. The molecule has 1 N–H and O–H groups in total. The lowest BCUT2D eigenvalue weighted by molar-refractivity contribution is -0.0319. The lowest BCUT2D eigenvalue weighted by atomic mass is 9.84. The molecule has 1 aliphatic rings. The van der Waals surface area contributed by atoms with Gasteiger partial charge in [0.2, 0.25) is 0 Å². The van der Waals surface area contributed by atoms with Crippen LogP contribution in [0, 0.1) is 5.41 Å². The molecule has 1 heterocycles. The van der Waals surface area contributed by atoms with Crippen molar-refractivity contribution in [1.29, 1.82) is 0 Å². The highest BCUT2D eigenvalue weighted by molar-refractivity contribution is 4.85. The first kappa shape index (κ1) is 13.9. The van der Waals surface area contributed by atoms with Crippen LogP contribution in [-0.2, 0) is 4.74 Å². The first-order valence-electron chi connectivity index (χ1n) is 6.53. The molecule has 2 unspecified atom stereocenters. The molecule has 0 aliphatic carbocycles. The summed E-state index contributed by atoms with van der Waals surface area (Å²) in [4.78, 5) is 2.53. The van der Waals surface area contributed by atoms with Gasteiger partial charge in [-0.15, -0.1) is 0 Å². The molecule has 3 heteroatoms. The Kier molecular flexibility index (Phi) is 5.22. The average Bonchev–Trinajstić information content (AvgIpc) is 2.17. The number of hydrogen-bond acceptors (Lipinski definition) is 3. The van der Waals surface area contributed by atoms with Crippen LogP contribution in [0.5, 0.6) is 0 Å². The maximum absolute atomic E-state index is 5.57. The molecule has 0 aromatic carbocycles. The van der Waals surface area contributed by atoms with Crippen molar-refractivity contribution in [2.45, 2.75) is 46.8 Å². The van der Waals surface area contributed by atoms with Crippen LogP contribution in [0.25, 0.3) is 0 Å². The van der Waals surface area contributed by atoms with E-state index in [1.54, 1.807) is 0 Å². The van der Waals surface area contributed by atoms with Gasteiger partial charge in [-0.25, -0.2) is 0 Å². The largest absolute Gasteiger partial charge is 0.376 e. The van der Waals surface area contributed by atoms with Crippen LogP contribution in [-0.4, -0.2) is 49.8 Å². The SMILES string of the molecule is CCNC(C)C(C)(C)CN1CCOC(C)C1. The third-order valence-corrected chi connectivity index (χ3v) is 3.64. The maximum atomic E-state index is 5.57. The first-order valence-corrected chi connectivity index (χ1v) is 6.53. The molecule has 1 rings (SSSR count). The maximum Gasteiger partial charge on any atom is 0.0674 e. The molecule has 0 spiro atoms. The lowest BCUT2D eigenvalue weighted by Crippen LogP contribution is -2.50. The van der Waals surface area contributed by atoms with Crippen LogP contribution in [0.2, 0.25) is 0 Å². The van der Waals surface area contributed by atoms with Gasteiger partial charge in [-0.2, -0.15) is 0 Å². The van der Waals surface area contributed by atoms with Crippen molar-refractivity contribution in [1.82, 2.24) is 10.2 Å². The number of hydrogen-bond donors (Lipinski definition) is 1. The van der Waals surface area contributed by atoms with Gasteiger partial charge < -0.3 is 10.1 Å². The number of nitrogens with one attached hydrogen (secondary N) is 1.